The summed E-state index contributed by atoms with van der Waals surface area (Å²) >= 11 is 0. The number of hydrogen-bond donors (Lipinski definition) is 0. The highest BCUT2D eigenvalue weighted by molar-refractivity contribution is 4.82. The van der Waals surface area contributed by atoms with Crippen LogP contribution in [-0.2, 0) is 9.47 Å². The van der Waals surface area contributed by atoms with Gasteiger partial charge in [0.2, 0.25) is 0 Å². The lowest BCUT2D eigenvalue weighted by Crippen LogP contribution is -2.36. The van der Waals surface area contributed by atoms with E-state index in [-0.39, 0.29) is 0 Å². The minimum Gasteiger partial charge on any atom is -0.381 e. The van der Waals surface area contributed by atoms with Crippen LogP contribution in [0.25, 0.3) is 0 Å². The molecule has 1 saturated carbocycles. The number of ether oxygens (including phenoxy) is 2. The van der Waals surface area contributed by atoms with E-state index in [9.17, 15) is 0 Å². The van der Waals surface area contributed by atoms with E-state index >= 15 is 0 Å². The van der Waals surface area contributed by atoms with Crippen molar-refractivity contribution in [1.29, 1.82) is 0 Å². The first-order valence-electron chi connectivity index (χ1n) is 5.24. The number of rotatable bonds is 3. The maximum absolute atomic E-state index is 5.52. The molecule has 2 nitrogen and oxygen atoms in total. The van der Waals surface area contributed by atoms with E-state index in [0.717, 1.165) is 18.3 Å². The van der Waals surface area contributed by atoms with Crippen LogP contribution in [0.2, 0.25) is 0 Å². The zero-order valence-electron chi connectivity index (χ0n) is 9.25. The molecule has 0 radical (unpaired) electrons. The Labute approximate surface area is 81.6 Å². The first-order chi connectivity index (χ1) is 6.19. The van der Waals surface area contributed by atoms with Crippen molar-refractivity contribution in [1.82, 2.24) is 0 Å². The predicted molar refractivity (Wildman–Crippen MR) is 53.8 cm³/mol. The van der Waals surface area contributed by atoms with Gasteiger partial charge in [0.05, 0.1) is 12.2 Å². The molecule has 0 spiro atoms. The van der Waals surface area contributed by atoms with Gasteiger partial charge < -0.3 is 9.47 Å². The van der Waals surface area contributed by atoms with E-state index in [2.05, 4.69) is 13.8 Å². The third-order valence-corrected chi connectivity index (χ3v) is 3.29. The summed E-state index contributed by atoms with van der Waals surface area (Å²) in [5.74, 6) is 1.44. The highest BCUT2D eigenvalue weighted by atomic mass is 16.5. The van der Waals surface area contributed by atoms with Crippen LogP contribution >= 0.6 is 0 Å². The fourth-order valence-electron chi connectivity index (χ4n) is 2.36. The molecule has 0 heterocycles. The second kappa shape index (κ2) is 4.97. The Morgan fingerprint density at radius 1 is 1.08 bits per heavy atom. The van der Waals surface area contributed by atoms with E-state index in [1.807, 2.05) is 7.11 Å². The van der Waals surface area contributed by atoms with Gasteiger partial charge in [-0.3, -0.25) is 0 Å². The molecule has 1 fully saturated rings. The smallest absolute Gasteiger partial charge is 0.0626 e. The van der Waals surface area contributed by atoms with Gasteiger partial charge in [0.15, 0.2) is 0 Å². The molecule has 1 aliphatic carbocycles. The molecule has 0 N–H and O–H groups in total. The summed E-state index contributed by atoms with van der Waals surface area (Å²) in [6.07, 6.45) is 4.32. The Bertz CT molecular complexity index is 145. The van der Waals surface area contributed by atoms with Gasteiger partial charge in [-0.15, -0.1) is 0 Å². The van der Waals surface area contributed by atoms with Crippen molar-refractivity contribution >= 4 is 0 Å². The topological polar surface area (TPSA) is 18.5 Å². The second-order valence-electron chi connectivity index (χ2n) is 4.35. The maximum Gasteiger partial charge on any atom is 0.0626 e. The van der Waals surface area contributed by atoms with Crippen LogP contribution in [0.3, 0.4) is 0 Å². The van der Waals surface area contributed by atoms with Crippen LogP contribution in [0.1, 0.15) is 33.1 Å². The third-order valence-electron chi connectivity index (χ3n) is 3.29. The van der Waals surface area contributed by atoms with Gasteiger partial charge in [0, 0.05) is 20.6 Å². The largest absolute Gasteiger partial charge is 0.381 e. The Morgan fingerprint density at radius 2 is 1.77 bits per heavy atom. The molecule has 0 aliphatic heterocycles. The van der Waals surface area contributed by atoms with Gasteiger partial charge in [-0.05, 0) is 24.7 Å². The monoisotopic (exact) mass is 186 g/mol. The lowest BCUT2D eigenvalue weighted by Gasteiger charge is -2.36. The Kier molecular flexibility index (Phi) is 4.20. The van der Waals surface area contributed by atoms with E-state index in [1.165, 1.54) is 12.8 Å². The number of hydrogen-bond acceptors (Lipinski definition) is 2. The summed E-state index contributed by atoms with van der Waals surface area (Å²) in [4.78, 5) is 0. The standard InChI is InChI=1S/C11H22O2/c1-8(2)10-6-5-9(12-3)7-11(10)13-4/h8-11H,5-7H2,1-4H3. The van der Waals surface area contributed by atoms with E-state index in [1.54, 1.807) is 7.11 Å². The van der Waals surface area contributed by atoms with Crippen molar-refractivity contribution in [2.45, 2.75) is 45.3 Å². The molecule has 3 unspecified atom stereocenters. The molecule has 0 aromatic heterocycles. The summed E-state index contributed by atoms with van der Waals surface area (Å²) in [5, 5.41) is 0. The van der Waals surface area contributed by atoms with Crippen molar-refractivity contribution in [3.05, 3.63) is 0 Å². The first-order valence-corrected chi connectivity index (χ1v) is 5.24. The maximum atomic E-state index is 5.52. The molecule has 1 rings (SSSR count). The molecule has 0 aromatic carbocycles. The van der Waals surface area contributed by atoms with Crippen LogP contribution in [0.5, 0.6) is 0 Å². The average Bonchev–Trinajstić information content (AvgIpc) is 2.16. The SMILES string of the molecule is COC1CCC(C(C)C)C(OC)C1. The minimum atomic E-state index is 0.402. The summed E-state index contributed by atoms with van der Waals surface area (Å²) in [6.45, 7) is 4.56. The predicted octanol–water partition coefficient (Wildman–Crippen LogP) is 2.47. The van der Waals surface area contributed by atoms with E-state index in [0.29, 0.717) is 12.2 Å². The van der Waals surface area contributed by atoms with Gasteiger partial charge >= 0.3 is 0 Å². The molecule has 1 aliphatic rings. The van der Waals surface area contributed by atoms with Gasteiger partial charge in [0.25, 0.3) is 0 Å². The summed E-state index contributed by atoms with van der Waals surface area (Å²) < 4.78 is 10.9. The minimum absolute atomic E-state index is 0.402. The zero-order chi connectivity index (χ0) is 9.84. The molecule has 3 atom stereocenters. The van der Waals surface area contributed by atoms with Gasteiger partial charge in [-0.1, -0.05) is 13.8 Å². The van der Waals surface area contributed by atoms with Crippen molar-refractivity contribution in [2.75, 3.05) is 14.2 Å². The Hall–Kier alpha value is -0.0800. The van der Waals surface area contributed by atoms with Crippen LogP contribution in [-0.4, -0.2) is 26.4 Å². The molecular formula is C11H22O2. The van der Waals surface area contributed by atoms with E-state index < -0.39 is 0 Å². The first kappa shape index (κ1) is 11.0. The molecule has 0 amide bonds. The summed E-state index contributed by atoms with van der Waals surface area (Å²) in [6, 6.07) is 0. The number of methoxy groups -OCH3 is 2. The molecular weight excluding hydrogens is 164 g/mol. The fourth-order valence-corrected chi connectivity index (χ4v) is 2.36. The summed E-state index contributed by atoms with van der Waals surface area (Å²) in [7, 11) is 3.62. The lowest BCUT2D eigenvalue weighted by atomic mass is 9.78. The third kappa shape index (κ3) is 2.68. The van der Waals surface area contributed by atoms with E-state index in [4.69, 9.17) is 9.47 Å². The van der Waals surface area contributed by atoms with Crippen LogP contribution < -0.4 is 0 Å². The van der Waals surface area contributed by atoms with Crippen molar-refractivity contribution < 1.29 is 9.47 Å². The molecule has 13 heavy (non-hydrogen) atoms. The Balaban J connectivity index is 2.50. The average molecular weight is 186 g/mol. The normalized spacial score (nSPS) is 35.3. The van der Waals surface area contributed by atoms with Crippen molar-refractivity contribution in [3.8, 4) is 0 Å². The fraction of sp³-hybridized carbons (Fsp3) is 1.00. The molecule has 0 aromatic rings. The van der Waals surface area contributed by atoms with Crippen molar-refractivity contribution in [3.63, 3.8) is 0 Å². The molecule has 78 valence electrons. The quantitative estimate of drug-likeness (QED) is 0.674. The van der Waals surface area contributed by atoms with Crippen LogP contribution in [0, 0.1) is 11.8 Å². The molecule has 0 saturated heterocycles. The van der Waals surface area contributed by atoms with Gasteiger partial charge in [-0.25, -0.2) is 0 Å². The van der Waals surface area contributed by atoms with Crippen LogP contribution in [0.4, 0.5) is 0 Å². The second-order valence-corrected chi connectivity index (χ2v) is 4.35. The van der Waals surface area contributed by atoms with Gasteiger partial charge in [-0.2, -0.15) is 0 Å². The lowest BCUT2D eigenvalue weighted by molar-refractivity contribution is -0.0529. The van der Waals surface area contributed by atoms with Gasteiger partial charge in [0.1, 0.15) is 0 Å². The highest BCUT2D eigenvalue weighted by Crippen LogP contribution is 2.32. The highest BCUT2D eigenvalue weighted by Gasteiger charge is 2.32. The summed E-state index contributed by atoms with van der Waals surface area (Å²) in [5.41, 5.74) is 0. The van der Waals surface area contributed by atoms with Crippen LogP contribution in [0.15, 0.2) is 0 Å². The zero-order valence-corrected chi connectivity index (χ0v) is 9.25. The Morgan fingerprint density at radius 3 is 2.23 bits per heavy atom. The van der Waals surface area contributed by atoms with Crippen molar-refractivity contribution in [2.24, 2.45) is 11.8 Å². The molecule has 0 bridgehead atoms. The molecule has 2 heteroatoms.